The fourth-order valence-corrected chi connectivity index (χ4v) is 2.16. The molecule has 1 N–H and O–H groups in total. The number of nitro groups is 1. The lowest BCUT2D eigenvalue weighted by atomic mass is 10.0. The summed E-state index contributed by atoms with van der Waals surface area (Å²) in [4.78, 5) is 10.6. The summed E-state index contributed by atoms with van der Waals surface area (Å²) < 4.78 is 0.714. The van der Waals surface area contributed by atoms with E-state index in [0.29, 0.717) is 16.1 Å². The van der Waals surface area contributed by atoms with Gasteiger partial charge in [-0.15, -0.1) is 0 Å². The van der Waals surface area contributed by atoms with Gasteiger partial charge in [-0.1, -0.05) is 29.8 Å². The van der Waals surface area contributed by atoms with Gasteiger partial charge in [-0.25, -0.2) is 0 Å². The first kappa shape index (κ1) is 14.0. The fourth-order valence-electron chi connectivity index (χ4n) is 1.81. The maximum absolute atomic E-state index is 10.9. The largest absolute Gasteiger partial charge is 0.377 e. The molecule has 0 radical (unpaired) electrons. The van der Waals surface area contributed by atoms with Gasteiger partial charge in [0.25, 0.3) is 5.69 Å². The average molecular weight is 301 g/mol. The van der Waals surface area contributed by atoms with Crippen LogP contribution in [0.3, 0.4) is 0 Å². The first-order valence-electron chi connectivity index (χ1n) is 5.60. The summed E-state index contributed by atoms with van der Waals surface area (Å²) in [5.41, 5.74) is 0.682. The molecule has 4 nitrogen and oxygen atoms in total. The second-order valence-electron chi connectivity index (χ2n) is 4.59. The van der Waals surface area contributed by atoms with E-state index in [-0.39, 0.29) is 16.7 Å². The Kier molecular flexibility index (Phi) is 4.93. The van der Waals surface area contributed by atoms with Crippen LogP contribution < -0.4 is 5.32 Å². The minimum atomic E-state index is -0.366. The van der Waals surface area contributed by atoms with Crippen molar-refractivity contribution in [2.24, 2.45) is 5.92 Å². The third kappa shape index (κ3) is 4.34. The molecule has 0 amide bonds. The van der Waals surface area contributed by atoms with Crippen molar-refractivity contribution in [1.82, 2.24) is 0 Å². The fraction of sp³-hybridized carbons (Fsp3) is 0.500. The molecule has 94 valence electrons. The predicted molar refractivity (Wildman–Crippen MR) is 73.3 cm³/mol. The van der Waals surface area contributed by atoms with Crippen LogP contribution in [0.2, 0.25) is 0 Å². The van der Waals surface area contributed by atoms with E-state index in [9.17, 15) is 10.1 Å². The molecular formula is C12H17BrN2O2. The lowest BCUT2D eigenvalue weighted by molar-refractivity contribution is -0.384. The first-order valence-corrected chi connectivity index (χ1v) is 6.40. The number of anilines is 1. The predicted octanol–water partition coefficient (Wildman–Crippen LogP) is 4.20. The zero-order valence-electron chi connectivity index (χ0n) is 10.2. The lowest BCUT2D eigenvalue weighted by Crippen LogP contribution is -2.18. The summed E-state index contributed by atoms with van der Waals surface area (Å²) in [5, 5.41) is 14.1. The molecule has 0 saturated carbocycles. The Morgan fingerprint density at radius 3 is 2.59 bits per heavy atom. The summed E-state index contributed by atoms with van der Waals surface area (Å²) in [5.74, 6) is 0.562. The van der Waals surface area contributed by atoms with Crippen molar-refractivity contribution < 1.29 is 4.92 Å². The van der Waals surface area contributed by atoms with Crippen molar-refractivity contribution >= 4 is 27.3 Å². The monoisotopic (exact) mass is 300 g/mol. The second-order valence-corrected chi connectivity index (χ2v) is 5.51. The number of rotatable bonds is 5. The Bertz CT molecular complexity index is 407. The van der Waals surface area contributed by atoms with Crippen LogP contribution in [0.5, 0.6) is 0 Å². The molecule has 0 fully saturated rings. The van der Waals surface area contributed by atoms with Gasteiger partial charge in [0.15, 0.2) is 0 Å². The molecule has 1 atom stereocenters. The van der Waals surface area contributed by atoms with E-state index in [4.69, 9.17) is 0 Å². The van der Waals surface area contributed by atoms with E-state index in [1.165, 1.54) is 6.07 Å². The van der Waals surface area contributed by atoms with Crippen molar-refractivity contribution in [2.45, 2.75) is 33.2 Å². The molecule has 0 spiro atoms. The Labute approximate surface area is 110 Å². The highest BCUT2D eigenvalue weighted by Gasteiger charge is 2.16. The van der Waals surface area contributed by atoms with Crippen molar-refractivity contribution in [3.63, 3.8) is 0 Å². The van der Waals surface area contributed by atoms with Crippen LogP contribution in [0.4, 0.5) is 11.4 Å². The van der Waals surface area contributed by atoms with Gasteiger partial charge in [-0.3, -0.25) is 10.1 Å². The highest BCUT2D eigenvalue weighted by molar-refractivity contribution is 9.10. The van der Waals surface area contributed by atoms with Crippen molar-refractivity contribution in [3.05, 3.63) is 32.8 Å². The molecule has 0 heterocycles. The van der Waals surface area contributed by atoms with Gasteiger partial charge in [-0.2, -0.15) is 0 Å². The molecular weight excluding hydrogens is 284 g/mol. The maximum Gasteiger partial charge on any atom is 0.293 e. The maximum atomic E-state index is 10.9. The molecule has 1 aromatic carbocycles. The van der Waals surface area contributed by atoms with E-state index in [0.717, 1.165) is 6.42 Å². The van der Waals surface area contributed by atoms with E-state index in [1.807, 2.05) is 6.92 Å². The molecule has 1 unspecified atom stereocenters. The van der Waals surface area contributed by atoms with E-state index < -0.39 is 0 Å². The highest BCUT2D eigenvalue weighted by Crippen LogP contribution is 2.29. The molecule has 1 aromatic rings. The molecule has 0 saturated heterocycles. The second kappa shape index (κ2) is 6.00. The number of hydrogen-bond acceptors (Lipinski definition) is 3. The quantitative estimate of drug-likeness (QED) is 0.655. The molecule has 1 rings (SSSR count). The minimum Gasteiger partial charge on any atom is -0.377 e. The zero-order chi connectivity index (χ0) is 13.0. The Balaban J connectivity index is 2.86. The number of nitrogens with zero attached hydrogens (tertiary/aromatic N) is 1. The van der Waals surface area contributed by atoms with Crippen LogP contribution in [0.15, 0.2) is 22.7 Å². The lowest BCUT2D eigenvalue weighted by Gasteiger charge is -2.17. The molecule has 17 heavy (non-hydrogen) atoms. The molecule has 0 bridgehead atoms. The number of hydrogen-bond donors (Lipinski definition) is 1. The SMILES string of the molecule is CC(C)CC(C)Nc1ccc(Br)cc1[N+](=O)[O-]. The first-order chi connectivity index (χ1) is 7.90. The summed E-state index contributed by atoms with van der Waals surface area (Å²) in [6.45, 7) is 6.30. The smallest absolute Gasteiger partial charge is 0.293 e. The Hall–Kier alpha value is -1.10. The van der Waals surface area contributed by atoms with Gasteiger partial charge in [-0.05, 0) is 31.4 Å². The third-order valence-electron chi connectivity index (χ3n) is 2.38. The summed E-state index contributed by atoms with van der Waals surface area (Å²) in [6.07, 6.45) is 0.979. The van der Waals surface area contributed by atoms with Gasteiger partial charge in [0, 0.05) is 16.6 Å². The third-order valence-corrected chi connectivity index (χ3v) is 2.88. The Morgan fingerprint density at radius 1 is 1.41 bits per heavy atom. The summed E-state index contributed by atoms with van der Waals surface area (Å²) >= 11 is 3.24. The normalized spacial score (nSPS) is 12.5. The van der Waals surface area contributed by atoms with E-state index >= 15 is 0 Å². The molecule has 0 aliphatic rings. The van der Waals surface area contributed by atoms with Crippen LogP contribution in [0.25, 0.3) is 0 Å². The number of nitro benzene ring substituents is 1. The number of nitrogens with one attached hydrogen (secondary N) is 1. The zero-order valence-corrected chi connectivity index (χ0v) is 11.8. The Morgan fingerprint density at radius 2 is 2.06 bits per heavy atom. The van der Waals surface area contributed by atoms with E-state index in [1.54, 1.807) is 12.1 Å². The van der Waals surface area contributed by atoms with Crippen molar-refractivity contribution in [1.29, 1.82) is 0 Å². The van der Waals surface area contributed by atoms with E-state index in [2.05, 4.69) is 35.1 Å². The van der Waals surface area contributed by atoms with Gasteiger partial charge in [0.05, 0.1) is 4.92 Å². The van der Waals surface area contributed by atoms with Crippen LogP contribution in [0, 0.1) is 16.0 Å². The van der Waals surface area contributed by atoms with Gasteiger partial charge >= 0.3 is 0 Å². The van der Waals surface area contributed by atoms with Crippen LogP contribution in [-0.4, -0.2) is 11.0 Å². The molecule has 0 aliphatic carbocycles. The average Bonchev–Trinajstić information content (AvgIpc) is 2.19. The van der Waals surface area contributed by atoms with Crippen LogP contribution >= 0.6 is 15.9 Å². The standard InChI is InChI=1S/C12H17BrN2O2/c1-8(2)6-9(3)14-11-5-4-10(13)7-12(11)15(16)17/h4-5,7-9,14H,6H2,1-3H3. The number of halogens is 1. The highest BCUT2D eigenvalue weighted by atomic mass is 79.9. The van der Waals surface area contributed by atoms with Gasteiger partial charge in [0.2, 0.25) is 0 Å². The van der Waals surface area contributed by atoms with Crippen molar-refractivity contribution in [2.75, 3.05) is 5.32 Å². The van der Waals surface area contributed by atoms with Gasteiger partial charge < -0.3 is 5.32 Å². The topological polar surface area (TPSA) is 55.2 Å². The molecule has 0 aliphatic heterocycles. The minimum absolute atomic E-state index is 0.106. The number of benzene rings is 1. The summed E-state index contributed by atoms with van der Waals surface area (Å²) in [6, 6.07) is 5.27. The molecule has 0 aromatic heterocycles. The van der Waals surface area contributed by atoms with Crippen molar-refractivity contribution in [3.8, 4) is 0 Å². The summed E-state index contributed by atoms with van der Waals surface area (Å²) in [7, 11) is 0. The van der Waals surface area contributed by atoms with Crippen LogP contribution in [-0.2, 0) is 0 Å². The molecule has 5 heteroatoms. The van der Waals surface area contributed by atoms with Gasteiger partial charge in [0.1, 0.15) is 5.69 Å². The van der Waals surface area contributed by atoms with Crippen LogP contribution in [0.1, 0.15) is 27.2 Å².